The number of hydrogen-bond acceptors (Lipinski definition) is 7. The Bertz CT molecular complexity index is 1420. The molecule has 0 bridgehead atoms. The third kappa shape index (κ3) is 9.57. The van der Waals surface area contributed by atoms with Gasteiger partial charge in [0.2, 0.25) is 0 Å². The van der Waals surface area contributed by atoms with Crippen LogP contribution in [0.25, 0.3) is 0 Å². The second kappa shape index (κ2) is 14.9. The second-order valence-corrected chi connectivity index (χ2v) is 10.8. The largest absolute Gasteiger partial charge is 0.450 e. The van der Waals surface area contributed by atoms with Gasteiger partial charge in [0.25, 0.3) is 0 Å². The van der Waals surface area contributed by atoms with Crippen molar-refractivity contribution in [1.82, 2.24) is 10.2 Å². The first-order chi connectivity index (χ1) is 20.0. The molecule has 42 heavy (non-hydrogen) atoms. The molecule has 1 aliphatic rings. The number of nitriles is 1. The second-order valence-electron chi connectivity index (χ2n) is 10.8. The highest BCUT2D eigenvalue weighted by Crippen LogP contribution is 2.30. The molecular weight excluding hydrogens is 545 g/mol. The smallest absolute Gasteiger partial charge is 0.407 e. The van der Waals surface area contributed by atoms with E-state index in [1.54, 1.807) is 36.1 Å². The summed E-state index contributed by atoms with van der Waals surface area (Å²) in [6.45, 7) is 9.03. The Morgan fingerprint density at radius 1 is 1.10 bits per heavy atom. The Labute approximate surface area is 244 Å². The summed E-state index contributed by atoms with van der Waals surface area (Å²) in [7, 11) is 0. The van der Waals surface area contributed by atoms with E-state index in [2.05, 4.69) is 27.7 Å². The van der Waals surface area contributed by atoms with Crippen LogP contribution >= 0.6 is 0 Å². The molecule has 0 aliphatic carbocycles. The van der Waals surface area contributed by atoms with Crippen molar-refractivity contribution in [3.8, 4) is 17.9 Å². The fraction of sp³-hybridized carbons (Fsp3) is 0.387. The van der Waals surface area contributed by atoms with Gasteiger partial charge in [-0.2, -0.15) is 10.4 Å². The maximum Gasteiger partial charge on any atom is 0.407 e. The first-order valence-electron chi connectivity index (χ1n) is 13.6. The fourth-order valence-corrected chi connectivity index (χ4v) is 4.12. The van der Waals surface area contributed by atoms with Crippen LogP contribution in [0.15, 0.2) is 52.8 Å². The molecule has 2 aromatic carbocycles. The molecule has 1 amide bonds. The van der Waals surface area contributed by atoms with Crippen molar-refractivity contribution in [3.63, 3.8) is 0 Å². The molecule has 0 atom stereocenters. The summed E-state index contributed by atoms with van der Waals surface area (Å²) in [4.78, 5) is 15.4. The van der Waals surface area contributed by atoms with Gasteiger partial charge in [0.15, 0.2) is 17.5 Å². The van der Waals surface area contributed by atoms with E-state index in [4.69, 9.17) is 10.00 Å². The predicted molar refractivity (Wildman–Crippen MR) is 157 cm³/mol. The first kappa shape index (κ1) is 32.0. The standard InChI is InChI=1S/C31H35F3N6O2/c1-22-24(9-8-16-36-38-25-12-10-23(19-35)11-13-25)20-39(17-6-5-7-18-42-30(41)37-31(2,3)4)21-40(22)27-15-14-26(32)28(33)29(27)34/h10-16,38H,5-7,17-18,20-21H2,1-4H3,(H,37,41)/b36-16-. The van der Waals surface area contributed by atoms with Crippen LogP contribution in [0, 0.1) is 40.6 Å². The zero-order valence-electron chi connectivity index (χ0n) is 24.2. The normalized spacial score (nSPS) is 13.9. The number of benzene rings is 2. The Morgan fingerprint density at radius 3 is 2.52 bits per heavy atom. The summed E-state index contributed by atoms with van der Waals surface area (Å²) in [5.41, 5.74) is 4.90. The molecule has 2 aromatic rings. The highest BCUT2D eigenvalue weighted by molar-refractivity contribution is 5.80. The average molecular weight is 581 g/mol. The Morgan fingerprint density at radius 2 is 1.83 bits per heavy atom. The molecule has 2 N–H and O–H groups in total. The zero-order chi connectivity index (χ0) is 30.7. The number of rotatable bonds is 9. The van der Waals surface area contributed by atoms with Gasteiger partial charge in [-0.05, 0) is 89.3 Å². The van der Waals surface area contributed by atoms with Crippen LogP contribution in [-0.2, 0) is 4.74 Å². The van der Waals surface area contributed by atoms with Gasteiger partial charge >= 0.3 is 6.09 Å². The number of hydrogen-bond donors (Lipinski definition) is 2. The Balaban J connectivity index is 1.66. The van der Waals surface area contributed by atoms with Crippen LogP contribution < -0.4 is 15.6 Å². The molecule has 0 radical (unpaired) electrons. The quantitative estimate of drug-likeness (QED) is 0.122. The number of carbonyl (C=O) groups excluding carboxylic acids is 1. The summed E-state index contributed by atoms with van der Waals surface area (Å²) in [5.74, 6) is 1.88. The van der Waals surface area contributed by atoms with Crippen LogP contribution in [-0.4, -0.2) is 49.1 Å². The summed E-state index contributed by atoms with van der Waals surface area (Å²) in [6, 6.07) is 10.9. The first-order valence-corrected chi connectivity index (χ1v) is 13.6. The SMILES string of the molecule is CC1=C(C#C/C=N\Nc2ccc(C#N)cc2)CN(CCCCCOC(=O)NC(C)(C)C)CN1c1ccc(F)c(F)c1F. The summed E-state index contributed by atoms with van der Waals surface area (Å²) in [6.07, 6.45) is 3.17. The third-order valence-electron chi connectivity index (χ3n) is 6.26. The molecule has 0 aromatic heterocycles. The molecule has 1 heterocycles. The van der Waals surface area contributed by atoms with Crippen molar-refractivity contribution in [2.75, 3.05) is 36.7 Å². The number of nitrogens with zero attached hydrogens (tertiary/aromatic N) is 4. The predicted octanol–water partition coefficient (Wildman–Crippen LogP) is 6.13. The van der Waals surface area contributed by atoms with Gasteiger partial charge in [0.1, 0.15) is 0 Å². The van der Waals surface area contributed by atoms with Gasteiger partial charge in [-0.3, -0.25) is 10.3 Å². The molecule has 8 nitrogen and oxygen atoms in total. The van der Waals surface area contributed by atoms with Gasteiger partial charge in [-0.1, -0.05) is 5.92 Å². The van der Waals surface area contributed by atoms with E-state index >= 15 is 0 Å². The van der Waals surface area contributed by atoms with E-state index < -0.39 is 23.5 Å². The fourth-order valence-electron chi connectivity index (χ4n) is 4.12. The summed E-state index contributed by atoms with van der Waals surface area (Å²) in [5, 5.41) is 15.7. The van der Waals surface area contributed by atoms with E-state index in [9.17, 15) is 18.0 Å². The molecule has 0 unspecified atom stereocenters. The number of carbonyl (C=O) groups is 1. The van der Waals surface area contributed by atoms with Crippen molar-refractivity contribution < 1.29 is 22.7 Å². The van der Waals surface area contributed by atoms with Crippen LogP contribution in [0.1, 0.15) is 52.5 Å². The maximum atomic E-state index is 14.8. The number of amides is 1. The van der Waals surface area contributed by atoms with E-state index in [0.717, 1.165) is 18.9 Å². The lowest BCUT2D eigenvalue weighted by molar-refractivity contribution is 0.135. The van der Waals surface area contributed by atoms with E-state index in [1.807, 2.05) is 31.7 Å². The van der Waals surface area contributed by atoms with E-state index in [1.165, 1.54) is 12.3 Å². The van der Waals surface area contributed by atoms with Crippen LogP contribution in [0.3, 0.4) is 0 Å². The minimum Gasteiger partial charge on any atom is -0.450 e. The van der Waals surface area contributed by atoms with E-state index in [0.29, 0.717) is 48.6 Å². The lowest BCUT2D eigenvalue weighted by atomic mass is 10.1. The monoisotopic (exact) mass is 580 g/mol. The molecule has 0 saturated carbocycles. The molecule has 222 valence electrons. The van der Waals surface area contributed by atoms with Crippen LogP contribution in [0.5, 0.6) is 0 Å². The molecule has 11 heteroatoms. The minimum absolute atomic E-state index is 0.0789. The van der Waals surface area contributed by atoms with Crippen molar-refractivity contribution in [2.24, 2.45) is 5.10 Å². The van der Waals surface area contributed by atoms with Crippen LogP contribution in [0.4, 0.5) is 29.3 Å². The highest BCUT2D eigenvalue weighted by Gasteiger charge is 2.27. The summed E-state index contributed by atoms with van der Waals surface area (Å²) >= 11 is 0. The Hall–Kier alpha value is -4.48. The lowest BCUT2D eigenvalue weighted by Crippen LogP contribution is -2.44. The molecule has 3 rings (SSSR count). The van der Waals surface area contributed by atoms with Gasteiger partial charge in [0, 0.05) is 29.9 Å². The van der Waals surface area contributed by atoms with Gasteiger partial charge < -0.3 is 15.0 Å². The average Bonchev–Trinajstić information content (AvgIpc) is 2.94. The highest BCUT2D eigenvalue weighted by atomic mass is 19.2. The van der Waals surface area contributed by atoms with Crippen molar-refractivity contribution in [3.05, 3.63) is 70.7 Å². The number of halogens is 3. The number of alkyl carbamates (subject to hydrolysis) is 1. The number of unbranched alkanes of at least 4 members (excludes halogenated alkanes) is 2. The van der Waals surface area contributed by atoms with Crippen molar-refractivity contribution in [2.45, 2.75) is 52.5 Å². The lowest BCUT2D eigenvalue weighted by Gasteiger charge is -2.38. The number of allylic oxidation sites excluding steroid dienone is 1. The van der Waals surface area contributed by atoms with E-state index in [-0.39, 0.29) is 17.9 Å². The summed E-state index contributed by atoms with van der Waals surface area (Å²) < 4.78 is 47.7. The minimum atomic E-state index is -1.53. The van der Waals surface area contributed by atoms with Crippen molar-refractivity contribution in [1.29, 1.82) is 5.26 Å². The molecular formula is C31H35F3N6O2. The topological polar surface area (TPSA) is 93.0 Å². The zero-order valence-corrected chi connectivity index (χ0v) is 24.2. The number of ether oxygens (including phenoxy) is 1. The van der Waals surface area contributed by atoms with Crippen molar-refractivity contribution >= 4 is 23.7 Å². The maximum absolute atomic E-state index is 14.8. The number of nitrogens with one attached hydrogen (secondary N) is 2. The molecule has 1 aliphatic heterocycles. The molecule has 0 spiro atoms. The molecule has 0 fully saturated rings. The van der Waals surface area contributed by atoms with Gasteiger partial charge in [-0.25, -0.2) is 18.0 Å². The Kier molecular flexibility index (Phi) is 11.4. The van der Waals surface area contributed by atoms with Gasteiger partial charge in [0.05, 0.1) is 42.5 Å². The number of anilines is 2. The molecule has 0 saturated heterocycles. The van der Waals surface area contributed by atoms with Gasteiger partial charge in [-0.15, -0.1) is 0 Å². The number of hydrazone groups is 1. The third-order valence-corrected chi connectivity index (χ3v) is 6.26. The van der Waals surface area contributed by atoms with Crippen LogP contribution in [0.2, 0.25) is 0 Å².